The fourth-order valence-electron chi connectivity index (χ4n) is 3.64. The van der Waals surface area contributed by atoms with Gasteiger partial charge in [-0.3, -0.25) is 4.90 Å². The zero-order valence-electron chi connectivity index (χ0n) is 12.6. The Morgan fingerprint density at radius 1 is 1.29 bits per heavy atom. The number of hydrogen-bond donors (Lipinski definition) is 1. The summed E-state index contributed by atoms with van der Waals surface area (Å²) in [5, 5.41) is 3.45. The molecule has 0 aromatic heterocycles. The van der Waals surface area contributed by atoms with Crippen LogP contribution in [0.4, 0.5) is 0 Å². The van der Waals surface area contributed by atoms with Gasteiger partial charge in [-0.1, -0.05) is 18.2 Å². The van der Waals surface area contributed by atoms with Gasteiger partial charge in [0, 0.05) is 12.6 Å². The molecule has 21 heavy (non-hydrogen) atoms. The van der Waals surface area contributed by atoms with Crippen LogP contribution in [0.3, 0.4) is 0 Å². The summed E-state index contributed by atoms with van der Waals surface area (Å²) in [5.41, 5.74) is 0.981. The highest BCUT2D eigenvalue weighted by Gasteiger charge is 2.32. The van der Waals surface area contributed by atoms with Crippen LogP contribution in [0.1, 0.15) is 30.9 Å². The minimum atomic E-state index is -3.08. The summed E-state index contributed by atoms with van der Waals surface area (Å²) >= 11 is 0. The van der Waals surface area contributed by atoms with Crippen LogP contribution in [-0.4, -0.2) is 45.8 Å². The van der Waals surface area contributed by atoms with E-state index in [4.69, 9.17) is 0 Å². The normalized spacial score (nSPS) is 28.3. The molecule has 2 unspecified atom stereocenters. The molecule has 1 fully saturated rings. The molecule has 0 spiro atoms. The predicted octanol–water partition coefficient (Wildman–Crippen LogP) is 1.84. The van der Waals surface area contributed by atoms with Crippen LogP contribution < -0.4 is 5.32 Å². The number of hydrogen-bond acceptors (Lipinski definition) is 4. The molecule has 2 heterocycles. The first-order valence-electron chi connectivity index (χ1n) is 7.80. The summed E-state index contributed by atoms with van der Waals surface area (Å²) in [6.45, 7) is 3.24. The smallest absolute Gasteiger partial charge is 0.178 e. The number of fused-ring (bicyclic) bond motifs is 1. The Morgan fingerprint density at radius 2 is 2.10 bits per heavy atom. The van der Waals surface area contributed by atoms with Crippen molar-refractivity contribution in [3.8, 4) is 0 Å². The monoisotopic (exact) mass is 308 g/mol. The molecule has 116 valence electrons. The predicted molar refractivity (Wildman–Crippen MR) is 84.1 cm³/mol. The topological polar surface area (TPSA) is 49.4 Å². The maximum Gasteiger partial charge on any atom is 0.178 e. The molecule has 1 aromatic carbocycles. The minimum Gasteiger partial charge on any atom is -0.316 e. The van der Waals surface area contributed by atoms with Crippen molar-refractivity contribution in [3.05, 3.63) is 29.8 Å². The molecule has 0 radical (unpaired) electrons. The van der Waals surface area contributed by atoms with Gasteiger partial charge in [0.05, 0.1) is 10.6 Å². The molecule has 3 rings (SSSR count). The Bertz CT molecular complexity index is 594. The second-order valence-corrected chi connectivity index (χ2v) is 8.39. The molecular formula is C16H24N2O2S. The lowest BCUT2D eigenvalue weighted by Crippen LogP contribution is -2.39. The van der Waals surface area contributed by atoms with Gasteiger partial charge < -0.3 is 5.32 Å². The van der Waals surface area contributed by atoms with Crippen molar-refractivity contribution in [3.63, 3.8) is 0 Å². The van der Waals surface area contributed by atoms with Crippen molar-refractivity contribution >= 4 is 9.84 Å². The van der Waals surface area contributed by atoms with E-state index in [1.54, 1.807) is 6.07 Å². The van der Waals surface area contributed by atoms with Gasteiger partial charge in [-0.15, -0.1) is 0 Å². The minimum absolute atomic E-state index is 0.228. The summed E-state index contributed by atoms with van der Waals surface area (Å²) in [7, 11) is -0.948. The van der Waals surface area contributed by atoms with Gasteiger partial charge in [0.25, 0.3) is 0 Å². The van der Waals surface area contributed by atoms with Crippen LogP contribution in [0.15, 0.2) is 29.2 Å². The largest absolute Gasteiger partial charge is 0.316 e. The third kappa shape index (κ3) is 3.15. The lowest BCUT2D eigenvalue weighted by atomic mass is 9.96. The number of rotatable bonds is 3. The van der Waals surface area contributed by atoms with E-state index in [0.29, 0.717) is 17.2 Å². The van der Waals surface area contributed by atoms with E-state index >= 15 is 0 Å². The summed E-state index contributed by atoms with van der Waals surface area (Å²) in [5.74, 6) is 0.941. The quantitative estimate of drug-likeness (QED) is 0.925. The van der Waals surface area contributed by atoms with Crippen molar-refractivity contribution in [2.75, 3.05) is 32.4 Å². The maximum absolute atomic E-state index is 12.2. The molecule has 5 heteroatoms. The van der Waals surface area contributed by atoms with Gasteiger partial charge in [0.1, 0.15) is 0 Å². The Hall–Kier alpha value is -0.910. The van der Waals surface area contributed by atoms with Crippen LogP contribution >= 0.6 is 0 Å². The molecule has 2 aliphatic rings. The van der Waals surface area contributed by atoms with E-state index in [9.17, 15) is 8.42 Å². The molecular weight excluding hydrogens is 284 g/mol. The molecule has 0 aliphatic carbocycles. The van der Waals surface area contributed by atoms with Crippen LogP contribution in [-0.2, 0) is 9.84 Å². The molecule has 1 N–H and O–H groups in total. The van der Waals surface area contributed by atoms with Gasteiger partial charge in [-0.2, -0.15) is 0 Å². The van der Waals surface area contributed by atoms with E-state index in [1.165, 1.54) is 12.8 Å². The summed E-state index contributed by atoms with van der Waals surface area (Å²) < 4.78 is 24.4. The molecule has 1 aromatic rings. The van der Waals surface area contributed by atoms with Crippen molar-refractivity contribution in [1.29, 1.82) is 0 Å². The highest BCUT2D eigenvalue weighted by molar-refractivity contribution is 7.91. The van der Waals surface area contributed by atoms with E-state index < -0.39 is 9.84 Å². The first-order chi connectivity index (χ1) is 10.1. The van der Waals surface area contributed by atoms with Crippen molar-refractivity contribution < 1.29 is 8.42 Å². The van der Waals surface area contributed by atoms with Gasteiger partial charge in [0.15, 0.2) is 9.84 Å². The third-order valence-electron chi connectivity index (χ3n) is 4.75. The first-order valence-corrected chi connectivity index (χ1v) is 9.46. The highest BCUT2D eigenvalue weighted by atomic mass is 32.2. The zero-order valence-corrected chi connectivity index (χ0v) is 13.4. The van der Waals surface area contributed by atoms with E-state index in [2.05, 4.69) is 17.3 Å². The first kappa shape index (κ1) is 15.0. The molecule has 4 nitrogen and oxygen atoms in total. The standard InChI is InChI=1S/C16H24N2O2S/c1-18(12-13-5-4-9-17-11-13)15-8-10-21(19,20)16-7-3-2-6-14(15)16/h2-3,6-7,13,15,17H,4-5,8-12H2,1H3. The molecule has 2 aliphatic heterocycles. The van der Waals surface area contributed by atoms with Crippen molar-refractivity contribution in [2.45, 2.75) is 30.2 Å². The fourth-order valence-corrected chi connectivity index (χ4v) is 5.25. The molecule has 0 saturated carbocycles. The average Bonchev–Trinajstić information content (AvgIpc) is 2.48. The SMILES string of the molecule is CN(CC1CCCNC1)C1CCS(=O)(=O)c2ccccc21. The highest BCUT2D eigenvalue weighted by Crippen LogP contribution is 2.35. The lowest BCUT2D eigenvalue weighted by molar-refractivity contribution is 0.181. The second-order valence-electron chi connectivity index (χ2n) is 6.31. The lowest BCUT2D eigenvalue weighted by Gasteiger charge is -2.36. The number of benzene rings is 1. The number of piperidine rings is 1. The summed E-state index contributed by atoms with van der Waals surface area (Å²) in [4.78, 5) is 2.89. The second kappa shape index (κ2) is 6.07. The molecule has 0 amide bonds. The maximum atomic E-state index is 12.2. The van der Waals surface area contributed by atoms with Gasteiger partial charge >= 0.3 is 0 Å². The van der Waals surface area contributed by atoms with Gasteiger partial charge in [-0.05, 0) is 56.9 Å². The number of sulfone groups is 1. The fraction of sp³-hybridized carbons (Fsp3) is 0.625. The van der Waals surface area contributed by atoms with E-state index in [1.807, 2.05) is 18.2 Å². The van der Waals surface area contributed by atoms with Crippen LogP contribution in [0, 0.1) is 5.92 Å². The van der Waals surface area contributed by atoms with Crippen molar-refractivity contribution in [2.24, 2.45) is 5.92 Å². The Labute approximate surface area is 127 Å². The van der Waals surface area contributed by atoms with Crippen LogP contribution in [0.2, 0.25) is 0 Å². The average molecular weight is 308 g/mol. The molecule has 2 atom stereocenters. The summed E-state index contributed by atoms with van der Waals surface area (Å²) in [6, 6.07) is 7.73. The zero-order chi connectivity index (χ0) is 14.9. The Kier molecular flexibility index (Phi) is 4.33. The Morgan fingerprint density at radius 3 is 2.86 bits per heavy atom. The van der Waals surface area contributed by atoms with Crippen LogP contribution in [0.25, 0.3) is 0 Å². The van der Waals surface area contributed by atoms with Gasteiger partial charge in [0.2, 0.25) is 0 Å². The number of nitrogens with one attached hydrogen (secondary N) is 1. The van der Waals surface area contributed by atoms with E-state index in [0.717, 1.165) is 25.2 Å². The molecule has 1 saturated heterocycles. The van der Waals surface area contributed by atoms with Gasteiger partial charge in [-0.25, -0.2) is 8.42 Å². The Balaban J connectivity index is 1.79. The number of nitrogens with zero attached hydrogens (tertiary/aromatic N) is 1. The van der Waals surface area contributed by atoms with E-state index in [-0.39, 0.29) is 11.8 Å². The van der Waals surface area contributed by atoms with Crippen molar-refractivity contribution in [1.82, 2.24) is 10.2 Å². The van der Waals surface area contributed by atoms with Crippen LogP contribution in [0.5, 0.6) is 0 Å². The third-order valence-corrected chi connectivity index (χ3v) is 6.57. The molecule has 0 bridgehead atoms. The summed E-state index contributed by atoms with van der Waals surface area (Å²) in [6.07, 6.45) is 3.22.